The largest absolute Gasteiger partial charge is 0.465 e. The number of fused-ring (bicyclic) bond motifs is 1. The number of carbonyl (C=O) groups excluding carboxylic acids is 1. The second-order valence-corrected chi connectivity index (χ2v) is 5.39. The van der Waals surface area contributed by atoms with Crippen LogP contribution in [0.2, 0.25) is 0 Å². The minimum Gasteiger partial charge on any atom is -0.465 e. The second kappa shape index (κ2) is 4.39. The minimum atomic E-state index is -0.309. The summed E-state index contributed by atoms with van der Waals surface area (Å²) in [7, 11) is 0. The Morgan fingerprint density at radius 2 is 2.11 bits per heavy atom. The van der Waals surface area contributed by atoms with Gasteiger partial charge in [-0.05, 0) is 31.2 Å². The van der Waals surface area contributed by atoms with Gasteiger partial charge in [-0.3, -0.25) is 9.69 Å². The van der Waals surface area contributed by atoms with Crippen LogP contribution in [0.1, 0.15) is 25.3 Å². The summed E-state index contributed by atoms with van der Waals surface area (Å²) < 4.78 is 5.25. The van der Waals surface area contributed by atoms with Crippen LogP contribution in [-0.4, -0.2) is 29.6 Å². The molecule has 2 saturated heterocycles. The number of ether oxygens (including phenoxy) is 1. The summed E-state index contributed by atoms with van der Waals surface area (Å²) in [5, 5.41) is 0. The quantitative estimate of drug-likeness (QED) is 0.762. The van der Waals surface area contributed by atoms with Crippen LogP contribution in [0.4, 0.5) is 0 Å². The van der Waals surface area contributed by atoms with Gasteiger partial charge < -0.3 is 4.74 Å². The average Bonchev–Trinajstić information content (AvgIpc) is 2.85. The molecule has 0 spiro atoms. The normalized spacial score (nSPS) is 29.9. The Morgan fingerprint density at radius 1 is 1.39 bits per heavy atom. The molecule has 1 saturated carbocycles. The lowest BCUT2D eigenvalue weighted by Gasteiger charge is -2.39. The van der Waals surface area contributed by atoms with E-state index in [1.165, 1.54) is 5.56 Å². The minimum absolute atomic E-state index is 0.0188. The molecule has 2 heterocycles. The monoisotopic (exact) mass is 245 g/mol. The molecule has 4 rings (SSSR count). The SMILES string of the molecule is CCOC(=O)C12CC(CN1Cc1ccccc1)C2. The van der Waals surface area contributed by atoms with E-state index in [0.29, 0.717) is 12.5 Å². The first-order valence-corrected chi connectivity index (χ1v) is 6.71. The van der Waals surface area contributed by atoms with E-state index < -0.39 is 0 Å². The van der Waals surface area contributed by atoms with Crippen LogP contribution in [0.3, 0.4) is 0 Å². The molecule has 1 aromatic rings. The molecule has 0 N–H and O–H groups in total. The van der Waals surface area contributed by atoms with E-state index in [1.807, 2.05) is 25.1 Å². The molecule has 0 amide bonds. The molecule has 18 heavy (non-hydrogen) atoms. The predicted molar refractivity (Wildman–Crippen MR) is 68.9 cm³/mol. The fraction of sp³-hybridized carbons (Fsp3) is 0.533. The summed E-state index contributed by atoms with van der Waals surface area (Å²) in [5.74, 6) is 0.674. The van der Waals surface area contributed by atoms with Gasteiger partial charge in [-0.1, -0.05) is 30.3 Å². The summed E-state index contributed by atoms with van der Waals surface area (Å²) in [6.45, 7) is 4.25. The maximum Gasteiger partial charge on any atom is 0.326 e. The van der Waals surface area contributed by atoms with Gasteiger partial charge >= 0.3 is 5.97 Å². The Bertz CT molecular complexity index is 437. The van der Waals surface area contributed by atoms with E-state index >= 15 is 0 Å². The first-order chi connectivity index (χ1) is 8.74. The first kappa shape index (κ1) is 11.7. The molecule has 2 aliphatic heterocycles. The van der Waals surface area contributed by atoms with Crippen LogP contribution < -0.4 is 0 Å². The lowest BCUT2D eigenvalue weighted by molar-refractivity contribution is -0.159. The highest BCUT2D eigenvalue weighted by Crippen LogP contribution is 2.51. The number of rotatable bonds is 4. The number of esters is 1. The molecule has 1 aromatic carbocycles. The molecule has 96 valence electrons. The van der Waals surface area contributed by atoms with Gasteiger partial charge in [0.2, 0.25) is 0 Å². The van der Waals surface area contributed by atoms with E-state index in [0.717, 1.165) is 25.9 Å². The van der Waals surface area contributed by atoms with Crippen molar-refractivity contribution < 1.29 is 9.53 Å². The van der Waals surface area contributed by atoms with Crippen LogP contribution in [0, 0.1) is 5.92 Å². The Kier molecular flexibility index (Phi) is 2.86. The lowest BCUT2D eigenvalue weighted by atomic mass is 9.73. The van der Waals surface area contributed by atoms with Crippen LogP contribution >= 0.6 is 0 Å². The topological polar surface area (TPSA) is 29.5 Å². The van der Waals surface area contributed by atoms with E-state index in [2.05, 4.69) is 17.0 Å². The van der Waals surface area contributed by atoms with Crippen LogP contribution in [-0.2, 0) is 16.1 Å². The maximum absolute atomic E-state index is 12.1. The van der Waals surface area contributed by atoms with Crippen molar-refractivity contribution in [1.82, 2.24) is 4.90 Å². The van der Waals surface area contributed by atoms with Gasteiger partial charge in [-0.15, -0.1) is 0 Å². The van der Waals surface area contributed by atoms with Gasteiger partial charge in [0.05, 0.1) is 6.61 Å². The lowest BCUT2D eigenvalue weighted by Crippen LogP contribution is -2.53. The number of hydrogen-bond donors (Lipinski definition) is 0. The highest BCUT2D eigenvalue weighted by molar-refractivity contribution is 5.83. The van der Waals surface area contributed by atoms with Gasteiger partial charge in [0.25, 0.3) is 0 Å². The van der Waals surface area contributed by atoms with Crippen molar-refractivity contribution in [3.8, 4) is 0 Å². The van der Waals surface area contributed by atoms with E-state index in [1.54, 1.807) is 0 Å². The zero-order chi connectivity index (χ0) is 12.6. The molecule has 0 aromatic heterocycles. The zero-order valence-electron chi connectivity index (χ0n) is 10.8. The molecule has 1 aliphatic carbocycles. The van der Waals surface area contributed by atoms with Crippen molar-refractivity contribution in [1.29, 1.82) is 0 Å². The summed E-state index contributed by atoms with van der Waals surface area (Å²) in [5.41, 5.74) is 0.963. The maximum atomic E-state index is 12.1. The highest BCUT2D eigenvalue weighted by Gasteiger charge is 2.61. The Labute approximate surface area is 108 Å². The van der Waals surface area contributed by atoms with Gasteiger partial charge in [-0.25, -0.2) is 0 Å². The third-order valence-electron chi connectivity index (χ3n) is 4.21. The molecular weight excluding hydrogens is 226 g/mol. The smallest absolute Gasteiger partial charge is 0.326 e. The zero-order valence-corrected chi connectivity index (χ0v) is 10.8. The number of hydrogen-bond acceptors (Lipinski definition) is 3. The first-order valence-electron chi connectivity index (χ1n) is 6.71. The molecule has 0 radical (unpaired) electrons. The second-order valence-electron chi connectivity index (χ2n) is 5.39. The molecular formula is C15H19NO2. The van der Waals surface area contributed by atoms with Crippen molar-refractivity contribution in [3.05, 3.63) is 35.9 Å². The van der Waals surface area contributed by atoms with Crippen molar-refractivity contribution in [3.63, 3.8) is 0 Å². The molecule has 3 aliphatic rings. The molecule has 3 heteroatoms. The molecule has 0 atom stereocenters. The van der Waals surface area contributed by atoms with Crippen LogP contribution in [0.15, 0.2) is 30.3 Å². The highest BCUT2D eigenvalue weighted by atomic mass is 16.5. The fourth-order valence-electron chi connectivity index (χ4n) is 3.35. The average molecular weight is 245 g/mol. The van der Waals surface area contributed by atoms with Crippen molar-refractivity contribution in [2.24, 2.45) is 5.92 Å². The van der Waals surface area contributed by atoms with Gasteiger partial charge in [0, 0.05) is 13.1 Å². The van der Waals surface area contributed by atoms with Crippen molar-refractivity contribution in [2.75, 3.05) is 13.2 Å². The Hall–Kier alpha value is -1.35. The molecule has 2 bridgehead atoms. The number of carbonyl (C=O) groups is 1. The van der Waals surface area contributed by atoms with Crippen molar-refractivity contribution >= 4 is 5.97 Å². The summed E-state index contributed by atoms with van der Waals surface area (Å²) in [6.07, 6.45) is 1.97. The fourth-order valence-corrected chi connectivity index (χ4v) is 3.35. The van der Waals surface area contributed by atoms with Gasteiger partial charge in [-0.2, -0.15) is 0 Å². The Balaban J connectivity index is 1.75. The summed E-state index contributed by atoms with van der Waals surface area (Å²) >= 11 is 0. The van der Waals surface area contributed by atoms with E-state index in [9.17, 15) is 4.79 Å². The Morgan fingerprint density at radius 3 is 2.78 bits per heavy atom. The summed E-state index contributed by atoms with van der Waals surface area (Å²) in [6, 6.07) is 10.4. The third kappa shape index (κ3) is 1.74. The third-order valence-corrected chi connectivity index (χ3v) is 4.21. The van der Waals surface area contributed by atoms with Gasteiger partial charge in [0.1, 0.15) is 5.54 Å². The van der Waals surface area contributed by atoms with Crippen LogP contribution in [0.25, 0.3) is 0 Å². The van der Waals surface area contributed by atoms with E-state index in [4.69, 9.17) is 4.74 Å². The number of benzene rings is 1. The summed E-state index contributed by atoms with van der Waals surface area (Å²) in [4.78, 5) is 14.5. The predicted octanol–water partition coefficient (Wildman–Crippen LogP) is 2.21. The van der Waals surface area contributed by atoms with Crippen LogP contribution in [0.5, 0.6) is 0 Å². The molecule has 3 fully saturated rings. The van der Waals surface area contributed by atoms with E-state index in [-0.39, 0.29) is 11.5 Å². The molecule has 3 nitrogen and oxygen atoms in total. The molecule has 0 unspecified atom stereocenters. The van der Waals surface area contributed by atoms with Crippen molar-refractivity contribution in [2.45, 2.75) is 31.8 Å². The standard InChI is InChI=1S/C15H19NO2/c1-2-18-14(17)15-8-13(9-15)11-16(15)10-12-6-4-3-5-7-12/h3-7,13H,2,8-11H2,1H3. The van der Waals surface area contributed by atoms with Gasteiger partial charge in [0.15, 0.2) is 0 Å². The number of nitrogens with zero attached hydrogens (tertiary/aromatic N) is 1.